The first kappa shape index (κ1) is 28.2. The van der Waals surface area contributed by atoms with Crippen LogP contribution >= 0.6 is 11.8 Å². The number of hydrogen-bond acceptors (Lipinski definition) is 7. The highest BCUT2D eigenvalue weighted by Crippen LogP contribution is 2.33. The molecule has 0 radical (unpaired) electrons. The van der Waals surface area contributed by atoms with E-state index in [2.05, 4.69) is 5.32 Å². The summed E-state index contributed by atoms with van der Waals surface area (Å²) in [6, 6.07) is 18.9. The summed E-state index contributed by atoms with van der Waals surface area (Å²) in [4.78, 5) is 14.0. The van der Waals surface area contributed by atoms with Crippen LogP contribution in [-0.4, -0.2) is 54.5 Å². The minimum atomic E-state index is -4.06. The van der Waals surface area contributed by atoms with Crippen LogP contribution in [0.4, 0.5) is 5.69 Å². The van der Waals surface area contributed by atoms with Gasteiger partial charge in [-0.25, -0.2) is 8.42 Å². The van der Waals surface area contributed by atoms with Crippen LogP contribution in [0.1, 0.15) is 12.5 Å². The number of para-hydroxylation sites is 2. The van der Waals surface area contributed by atoms with Crippen LogP contribution in [0.5, 0.6) is 17.2 Å². The van der Waals surface area contributed by atoms with Crippen molar-refractivity contribution in [2.45, 2.75) is 23.1 Å². The van der Waals surface area contributed by atoms with E-state index < -0.39 is 22.5 Å². The maximum Gasteiger partial charge on any atom is 0.264 e. The molecule has 0 aliphatic heterocycles. The van der Waals surface area contributed by atoms with E-state index in [0.717, 1.165) is 14.8 Å². The van der Waals surface area contributed by atoms with Gasteiger partial charge in [0.1, 0.15) is 12.3 Å². The quantitative estimate of drug-likeness (QED) is 0.319. The van der Waals surface area contributed by atoms with Crippen molar-refractivity contribution in [3.05, 3.63) is 72.3 Å². The van der Waals surface area contributed by atoms with Gasteiger partial charge in [-0.05, 0) is 73.7 Å². The number of methoxy groups -OCH3 is 2. The summed E-state index contributed by atoms with van der Waals surface area (Å²) in [5.41, 5.74) is 1.24. The van der Waals surface area contributed by atoms with Gasteiger partial charge in [0, 0.05) is 11.4 Å². The van der Waals surface area contributed by atoms with Crippen molar-refractivity contribution in [2.75, 3.05) is 44.5 Å². The fraction of sp³-hybridized carbons (Fsp3) is 0.296. The minimum absolute atomic E-state index is 0.0923. The topological polar surface area (TPSA) is 94.2 Å². The number of amides is 1. The lowest BCUT2D eigenvalue weighted by Crippen LogP contribution is -2.41. The molecule has 37 heavy (non-hydrogen) atoms. The van der Waals surface area contributed by atoms with Crippen LogP contribution in [0.2, 0.25) is 0 Å². The van der Waals surface area contributed by atoms with Crippen LogP contribution in [-0.2, 0) is 21.2 Å². The van der Waals surface area contributed by atoms with E-state index in [4.69, 9.17) is 14.2 Å². The van der Waals surface area contributed by atoms with Crippen LogP contribution < -0.4 is 23.8 Å². The number of nitrogens with one attached hydrogen (secondary N) is 1. The van der Waals surface area contributed by atoms with E-state index in [1.54, 1.807) is 68.8 Å². The summed E-state index contributed by atoms with van der Waals surface area (Å²) in [7, 11) is -0.926. The maximum atomic E-state index is 13.7. The van der Waals surface area contributed by atoms with Gasteiger partial charge < -0.3 is 19.5 Å². The molecule has 198 valence electrons. The second-order valence-corrected chi connectivity index (χ2v) is 10.6. The molecule has 0 aliphatic rings. The molecule has 0 heterocycles. The van der Waals surface area contributed by atoms with E-state index in [0.29, 0.717) is 42.5 Å². The molecule has 10 heteroatoms. The second-order valence-electron chi connectivity index (χ2n) is 7.88. The molecule has 0 spiro atoms. The van der Waals surface area contributed by atoms with Crippen LogP contribution in [0.25, 0.3) is 0 Å². The Balaban J connectivity index is 1.81. The zero-order chi connectivity index (χ0) is 26.8. The van der Waals surface area contributed by atoms with Gasteiger partial charge in [0.05, 0.1) is 31.4 Å². The Labute approximate surface area is 223 Å². The van der Waals surface area contributed by atoms with Gasteiger partial charge in [0.15, 0.2) is 11.5 Å². The van der Waals surface area contributed by atoms with E-state index >= 15 is 0 Å². The van der Waals surface area contributed by atoms with Crippen molar-refractivity contribution >= 4 is 33.4 Å². The van der Waals surface area contributed by atoms with E-state index in [1.807, 2.05) is 25.3 Å². The SMILES string of the molecule is CCOc1ccccc1N(CC(=O)NCCc1ccc(OC)c(OC)c1)S(=O)(=O)c1ccc(SC)cc1. The third kappa shape index (κ3) is 7.11. The highest BCUT2D eigenvalue weighted by atomic mass is 32.2. The van der Waals surface area contributed by atoms with Crippen molar-refractivity contribution in [1.82, 2.24) is 5.32 Å². The number of carbonyl (C=O) groups is 1. The zero-order valence-electron chi connectivity index (χ0n) is 21.4. The number of benzene rings is 3. The molecule has 0 saturated heterocycles. The Morgan fingerprint density at radius 2 is 1.65 bits per heavy atom. The summed E-state index contributed by atoms with van der Waals surface area (Å²) >= 11 is 1.52. The average molecular weight is 545 g/mol. The Kier molecular flexibility index (Phi) is 10.1. The molecule has 3 aromatic carbocycles. The molecule has 0 unspecified atom stereocenters. The molecule has 0 atom stereocenters. The molecule has 8 nitrogen and oxygen atoms in total. The van der Waals surface area contributed by atoms with Gasteiger partial charge in [0.2, 0.25) is 5.91 Å². The van der Waals surface area contributed by atoms with Gasteiger partial charge in [0.25, 0.3) is 10.0 Å². The average Bonchev–Trinajstić information content (AvgIpc) is 2.92. The molecule has 3 rings (SSSR count). The first-order chi connectivity index (χ1) is 17.8. The molecule has 0 fully saturated rings. The van der Waals surface area contributed by atoms with Crippen molar-refractivity contribution in [2.24, 2.45) is 0 Å². The monoisotopic (exact) mass is 544 g/mol. The number of ether oxygens (including phenoxy) is 3. The molecular weight excluding hydrogens is 512 g/mol. The Bertz CT molecular complexity index is 1300. The van der Waals surface area contributed by atoms with E-state index in [-0.39, 0.29) is 4.90 Å². The Hall–Kier alpha value is -3.37. The normalized spacial score (nSPS) is 11.0. The lowest BCUT2D eigenvalue weighted by atomic mass is 10.1. The van der Waals surface area contributed by atoms with E-state index in [1.165, 1.54) is 11.8 Å². The fourth-order valence-electron chi connectivity index (χ4n) is 3.68. The van der Waals surface area contributed by atoms with Gasteiger partial charge in [-0.15, -0.1) is 11.8 Å². The summed E-state index contributed by atoms with van der Waals surface area (Å²) < 4.78 is 44.8. The lowest BCUT2D eigenvalue weighted by Gasteiger charge is -2.26. The van der Waals surface area contributed by atoms with Gasteiger partial charge in [-0.2, -0.15) is 0 Å². The molecule has 1 amide bonds. The fourth-order valence-corrected chi connectivity index (χ4v) is 5.52. The van der Waals surface area contributed by atoms with E-state index in [9.17, 15) is 13.2 Å². The van der Waals surface area contributed by atoms with Crippen molar-refractivity contribution in [3.8, 4) is 17.2 Å². The number of thioether (sulfide) groups is 1. The lowest BCUT2D eigenvalue weighted by molar-refractivity contribution is -0.119. The van der Waals surface area contributed by atoms with Crippen molar-refractivity contribution in [3.63, 3.8) is 0 Å². The predicted octanol–water partition coefficient (Wildman–Crippen LogP) is 4.38. The van der Waals surface area contributed by atoms with Crippen LogP contribution in [0.15, 0.2) is 76.5 Å². The van der Waals surface area contributed by atoms with Crippen molar-refractivity contribution in [1.29, 1.82) is 0 Å². The molecule has 0 saturated carbocycles. The molecule has 0 aromatic heterocycles. The maximum absolute atomic E-state index is 13.7. The Morgan fingerprint density at radius 1 is 0.946 bits per heavy atom. The number of carbonyl (C=O) groups excluding carboxylic acids is 1. The third-order valence-corrected chi connectivity index (χ3v) is 8.07. The molecular formula is C27H32N2O6S2. The second kappa shape index (κ2) is 13.3. The molecule has 1 N–H and O–H groups in total. The Morgan fingerprint density at radius 3 is 2.30 bits per heavy atom. The summed E-state index contributed by atoms with van der Waals surface area (Å²) in [5.74, 6) is 1.17. The highest BCUT2D eigenvalue weighted by molar-refractivity contribution is 7.98. The number of rotatable bonds is 13. The minimum Gasteiger partial charge on any atom is -0.493 e. The molecule has 0 bridgehead atoms. The largest absolute Gasteiger partial charge is 0.493 e. The first-order valence-corrected chi connectivity index (χ1v) is 14.4. The number of hydrogen-bond donors (Lipinski definition) is 1. The smallest absolute Gasteiger partial charge is 0.264 e. The van der Waals surface area contributed by atoms with Crippen LogP contribution in [0, 0.1) is 0 Å². The number of sulfonamides is 1. The zero-order valence-corrected chi connectivity index (χ0v) is 23.0. The first-order valence-electron chi connectivity index (χ1n) is 11.7. The number of anilines is 1. The summed E-state index contributed by atoms with van der Waals surface area (Å²) in [5, 5.41) is 2.83. The standard InChI is InChI=1S/C27H32N2O6S2/c1-5-35-24-9-7-6-8-23(24)29(37(31,32)22-13-11-21(36-4)12-14-22)19-27(30)28-17-16-20-10-15-25(33-2)26(18-20)34-3/h6-15,18H,5,16-17,19H2,1-4H3,(H,28,30). The molecule has 3 aromatic rings. The summed E-state index contributed by atoms with van der Waals surface area (Å²) in [6.07, 6.45) is 2.45. The van der Waals surface area contributed by atoms with Gasteiger partial charge in [-0.3, -0.25) is 9.10 Å². The predicted molar refractivity (Wildman–Crippen MR) is 147 cm³/mol. The van der Waals surface area contributed by atoms with Gasteiger partial charge >= 0.3 is 0 Å². The highest BCUT2D eigenvalue weighted by Gasteiger charge is 2.29. The molecule has 0 aliphatic carbocycles. The third-order valence-electron chi connectivity index (χ3n) is 5.55. The van der Waals surface area contributed by atoms with Crippen LogP contribution in [0.3, 0.4) is 0 Å². The number of nitrogens with zero attached hydrogens (tertiary/aromatic N) is 1. The van der Waals surface area contributed by atoms with Crippen molar-refractivity contribution < 1.29 is 27.4 Å². The summed E-state index contributed by atoms with van der Waals surface area (Å²) in [6.45, 7) is 2.09. The van der Waals surface area contributed by atoms with Gasteiger partial charge in [-0.1, -0.05) is 18.2 Å².